The van der Waals surface area contributed by atoms with E-state index in [1.165, 1.54) is 0 Å². The van der Waals surface area contributed by atoms with Gasteiger partial charge < -0.3 is 20.1 Å². The Kier molecular flexibility index (Phi) is 6.20. The van der Waals surface area contributed by atoms with Crippen LogP contribution in [0.2, 0.25) is 0 Å². The minimum atomic E-state index is -0.118. The van der Waals surface area contributed by atoms with Crippen LogP contribution < -0.4 is 5.32 Å². The van der Waals surface area contributed by atoms with E-state index in [4.69, 9.17) is 4.74 Å². The Balaban J connectivity index is 1.66. The van der Waals surface area contributed by atoms with Crippen molar-refractivity contribution in [2.75, 3.05) is 25.6 Å². The quantitative estimate of drug-likeness (QED) is 0.798. The maximum Gasteiger partial charge on any atom is 0.272 e. The molecular formula is C20H25N3O3. The molecule has 1 aliphatic heterocycles. The number of methoxy groups -OCH3 is 1. The number of anilines is 1. The molecule has 6 nitrogen and oxygen atoms in total. The lowest BCUT2D eigenvalue weighted by Gasteiger charge is -2.22. The largest absolute Gasteiger partial charge is 0.394 e. The van der Waals surface area contributed by atoms with Gasteiger partial charge in [-0.05, 0) is 36.1 Å². The highest BCUT2D eigenvalue weighted by Crippen LogP contribution is 2.20. The number of hydrogen-bond acceptors (Lipinski definition) is 5. The van der Waals surface area contributed by atoms with Crippen molar-refractivity contribution in [2.24, 2.45) is 0 Å². The fraction of sp³-hybridized carbons (Fsp3) is 0.400. The van der Waals surface area contributed by atoms with E-state index < -0.39 is 0 Å². The van der Waals surface area contributed by atoms with Crippen molar-refractivity contribution in [3.63, 3.8) is 0 Å². The van der Waals surface area contributed by atoms with Crippen molar-refractivity contribution >= 4 is 11.7 Å². The lowest BCUT2D eigenvalue weighted by atomic mass is 10.1. The fourth-order valence-corrected chi connectivity index (χ4v) is 3.28. The number of rotatable bonds is 7. The van der Waals surface area contributed by atoms with E-state index in [0.29, 0.717) is 31.2 Å². The summed E-state index contributed by atoms with van der Waals surface area (Å²) in [6, 6.07) is 13.5. The summed E-state index contributed by atoms with van der Waals surface area (Å²) in [5, 5.41) is 12.7. The molecule has 1 fully saturated rings. The minimum Gasteiger partial charge on any atom is -0.394 e. The Morgan fingerprint density at radius 1 is 1.31 bits per heavy atom. The van der Waals surface area contributed by atoms with Crippen LogP contribution in [0.4, 0.5) is 5.82 Å². The Bertz CT molecular complexity index is 751. The highest BCUT2D eigenvalue weighted by Gasteiger charge is 2.29. The van der Waals surface area contributed by atoms with Crippen molar-refractivity contribution in [2.45, 2.75) is 32.0 Å². The van der Waals surface area contributed by atoms with Gasteiger partial charge in [0, 0.05) is 20.2 Å². The minimum absolute atomic E-state index is 0.00148. The van der Waals surface area contributed by atoms with Crippen LogP contribution >= 0.6 is 0 Å². The van der Waals surface area contributed by atoms with Crippen LogP contribution in [-0.4, -0.2) is 47.2 Å². The van der Waals surface area contributed by atoms with E-state index in [0.717, 1.165) is 24.0 Å². The zero-order valence-corrected chi connectivity index (χ0v) is 15.0. The summed E-state index contributed by atoms with van der Waals surface area (Å²) in [5.74, 6) is 0.542. The molecule has 3 rings (SSSR count). The molecule has 6 heteroatoms. The molecule has 1 atom stereocenters. The number of hydrogen-bond donors (Lipinski definition) is 2. The average molecular weight is 355 g/mol. The Morgan fingerprint density at radius 3 is 2.92 bits per heavy atom. The number of likely N-dealkylation sites (tertiary alicyclic amines) is 1. The third-order valence-electron chi connectivity index (χ3n) is 4.59. The Morgan fingerprint density at radius 2 is 2.12 bits per heavy atom. The number of aromatic nitrogens is 1. The zero-order valence-electron chi connectivity index (χ0n) is 15.0. The topological polar surface area (TPSA) is 74.7 Å². The van der Waals surface area contributed by atoms with Gasteiger partial charge in [0.05, 0.1) is 19.3 Å². The molecule has 138 valence electrons. The highest BCUT2D eigenvalue weighted by molar-refractivity contribution is 5.93. The van der Waals surface area contributed by atoms with Crippen molar-refractivity contribution in [3.8, 4) is 0 Å². The van der Waals surface area contributed by atoms with Gasteiger partial charge in [0.25, 0.3) is 5.91 Å². The number of aliphatic hydroxyl groups excluding tert-OH is 1. The predicted molar refractivity (Wildman–Crippen MR) is 99.9 cm³/mol. The summed E-state index contributed by atoms with van der Waals surface area (Å²) >= 11 is 0. The first-order valence-corrected chi connectivity index (χ1v) is 8.91. The molecular weight excluding hydrogens is 330 g/mol. The summed E-state index contributed by atoms with van der Waals surface area (Å²) in [4.78, 5) is 18.8. The van der Waals surface area contributed by atoms with Crippen LogP contribution in [0.25, 0.3) is 0 Å². The van der Waals surface area contributed by atoms with Crippen LogP contribution in [0.1, 0.15) is 34.5 Å². The molecule has 0 radical (unpaired) electrons. The first-order valence-electron chi connectivity index (χ1n) is 8.91. The number of benzene rings is 1. The molecule has 26 heavy (non-hydrogen) atoms. The van der Waals surface area contributed by atoms with Crippen LogP contribution in [0.15, 0.2) is 42.5 Å². The van der Waals surface area contributed by atoms with Crippen molar-refractivity contribution in [3.05, 3.63) is 59.3 Å². The standard InChI is InChI=1S/C20H25N3O3/c1-26-14-16-6-2-5-15(11-16)12-21-19-9-3-8-18(22-19)20(25)23-10-4-7-17(23)13-24/h2-3,5-6,8-9,11,17,24H,4,7,10,12-14H2,1H3,(H,21,22). The molecule has 0 spiro atoms. The van der Waals surface area contributed by atoms with E-state index >= 15 is 0 Å². The van der Waals surface area contributed by atoms with Gasteiger partial charge >= 0.3 is 0 Å². The third kappa shape index (κ3) is 4.39. The number of pyridine rings is 1. The van der Waals surface area contributed by atoms with Crippen molar-refractivity contribution in [1.82, 2.24) is 9.88 Å². The van der Waals surface area contributed by atoms with E-state index in [-0.39, 0.29) is 18.6 Å². The first kappa shape index (κ1) is 18.4. The second kappa shape index (κ2) is 8.78. The van der Waals surface area contributed by atoms with Crippen LogP contribution in [0.3, 0.4) is 0 Å². The highest BCUT2D eigenvalue weighted by atomic mass is 16.5. The van der Waals surface area contributed by atoms with Crippen LogP contribution in [0, 0.1) is 0 Å². The molecule has 1 amide bonds. The molecule has 2 aromatic rings. The number of aliphatic hydroxyl groups is 1. The molecule has 1 saturated heterocycles. The van der Waals surface area contributed by atoms with Gasteiger partial charge in [0.2, 0.25) is 0 Å². The second-order valence-electron chi connectivity index (χ2n) is 6.49. The Labute approximate surface area is 153 Å². The molecule has 0 bridgehead atoms. The fourth-order valence-electron chi connectivity index (χ4n) is 3.28. The summed E-state index contributed by atoms with van der Waals surface area (Å²) in [5.41, 5.74) is 2.65. The van der Waals surface area contributed by atoms with Crippen LogP contribution in [0.5, 0.6) is 0 Å². The Hall–Kier alpha value is -2.44. The summed E-state index contributed by atoms with van der Waals surface area (Å²) in [6.45, 7) is 1.88. The van der Waals surface area contributed by atoms with Crippen LogP contribution in [-0.2, 0) is 17.9 Å². The van der Waals surface area contributed by atoms with E-state index in [2.05, 4.69) is 16.4 Å². The maximum absolute atomic E-state index is 12.7. The van der Waals surface area contributed by atoms with Crippen molar-refractivity contribution < 1.29 is 14.6 Å². The normalized spacial score (nSPS) is 16.7. The maximum atomic E-state index is 12.7. The van der Waals surface area contributed by atoms with E-state index in [1.807, 2.05) is 30.3 Å². The number of amides is 1. The molecule has 1 aromatic carbocycles. The van der Waals surface area contributed by atoms with Gasteiger partial charge in [-0.1, -0.05) is 30.3 Å². The molecule has 0 saturated carbocycles. The van der Waals surface area contributed by atoms with Gasteiger partial charge in [-0.15, -0.1) is 0 Å². The summed E-state index contributed by atoms with van der Waals surface area (Å²) in [7, 11) is 1.68. The number of nitrogens with zero attached hydrogens (tertiary/aromatic N) is 2. The molecule has 0 aliphatic carbocycles. The number of carbonyl (C=O) groups is 1. The number of carbonyl (C=O) groups excluding carboxylic acids is 1. The molecule has 1 unspecified atom stereocenters. The summed E-state index contributed by atoms with van der Waals surface area (Å²) in [6.07, 6.45) is 1.77. The van der Waals surface area contributed by atoms with Gasteiger partial charge in [-0.3, -0.25) is 4.79 Å². The average Bonchev–Trinajstić information content (AvgIpc) is 3.15. The van der Waals surface area contributed by atoms with Gasteiger partial charge in [-0.2, -0.15) is 0 Å². The zero-order chi connectivity index (χ0) is 18.4. The van der Waals surface area contributed by atoms with Gasteiger partial charge in [-0.25, -0.2) is 4.98 Å². The second-order valence-corrected chi connectivity index (χ2v) is 6.49. The molecule has 1 aliphatic rings. The predicted octanol–water partition coefficient (Wildman–Crippen LogP) is 2.44. The smallest absolute Gasteiger partial charge is 0.272 e. The van der Waals surface area contributed by atoms with Crippen molar-refractivity contribution in [1.29, 1.82) is 0 Å². The lowest BCUT2D eigenvalue weighted by Crippen LogP contribution is -2.38. The molecule has 2 heterocycles. The third-order valence-corrected chi connectivity index (χ3v) is 4.59. The van der Waals surface area contributed by atoms with Gasteiger partial charge in [0.1, 0.15) is 11.5 Å². The first-order chi connectivity index (χ1) is 12.7. The van der Waals surface area contributed by atoms with E-state index in [1.54, 1.807) is 18.1 Å². The SMILES string of the molecule is COCc1cccc(CNc2cccc(C(=O)N3CCCC3CO)n2)c1. The summed E-state index contributed by atoms with van der Waals surface area (Å²) < 4.78 is 5.16. The van der Waals surface area contributed by atoms with Gasteiger partial charge in [0.15, 0.2) is 0 Å². The van der Waals surface area contributed by atoms with E-state index in [9.17, 15) is 9.90 Å². The number of ether oxygens (including phenoxy) is 1. The monoisotopic (exact) mass is 355 g/mol. The number of nitrogens with one attached hydrogen (secondary N) is 1. The molecule has 1 aromatic heterocycles. The lowest BCUT2D eigenvalue weighted by molar-refractivity contribution is 0.0672. The molecule has 2 N–H and O–H groups in total.